The van der Waals surface area contributed by atoms with E-state index in [9.17, 15) is 9.59 Å². The monoisotopic (exact) mass is 601 g/mol. The third-order valence-electron chi connectivity index (χ3n) is 7.21. The van der Waals surface area contributed by atoms with E-state index in [2.05, 4.69) is 10.6 Å². The molecule has 3 heterocycles. The minimum atomic E-state index is -0.631. The van der Waals surface area contributed by atoms with Crippen LogP contribution in [-0.4, -0.2) is 22.2 Å². The molecule has 0 bridgehead atoms. The van der Waals surface area contributed by atoms with E-state index in [1.807, 2.05) is 79.9 Å². The fourth-order valence-corrected chi connectivity index (χ4v) is 6.64. The van der Waals surface area contributed by atoms with Gasteiger partial charge in [0.2, 0.25) is 0 Å². The van der Waals surface area contributed by atoms with Gasteiger partial charge < -0.3 is 9.30 Å². The van der Waals surface area contributed by atoms with Gasteiger partial charge in [-0.05, 0) is 41.8 Å². The Morgan fingerprint density at radius 2 is 1.80 bits per heavy atom. The molecule has 1 aliphatic heterocycles. The number of thiazole rings is 1. The number of methoxy groups -OCH3 is 1. The van der Waals surface area contributed by atoms with Gasteiger partial charge in [-0.15, -0.1) is 0 Å². The molecule has 5 aromatic rings. The van der Waals surface area contributed by atoms with E-state index in [0.717, 1.165) is 27.6 Å². The molecule has 1 aliphatic rings. The summed E-state index contributed by atoms with van der Waals surface area (Å²) in [6.45, 7) is 2.53. The van der Waals surface area contributed by atoms with Crippen LogP contribution in [0.5, 0.6) is 0 Å². The maximum atomic E-state index is 14.0. The van der Waals surface area contributed by atoms with Gasteiger partial charge in [-0.2, -0.15) is 0 Å². The molecule has 0 amide bonds. The Bertz CT molecular complexity index is 2020. The number of nitrogens with zero attached hydrogens (tertiary/aromatic N) is 3. The van der Waals surface area contributed by atoms with Crippen molar-refractivity contribution in [3.05, 3.63) is 137 Å². The highest BCUT2D eigenvalue weighted by Gasteiger charge is 2.33. The number of esters is 1. The Morgan fingerprint density at radius 3 is 2.54 bits per heavy atom. The minimum Gasteiger partial charge on any atom is -0.466 e. The molecule has 0 saturated heterocycles. The summed E-state index contributed by atoms with van der Waals surface area (Å²) in [7, 11) is 1.35. The Kier molecular flexibility index (Phi) is 7.43. The summed E-state index contributed by atoms with van der Waals surface area (Å²) in [6, 6.07) is 22.6. The van der Waals surface area contributed by atoms with Crippen molar-refractivity contribution in [1.29, 1.82) is 0 Å². The zero-order valence-electron chi connectivity index (χ0n) is 22.3. The molecular weight excluding hydrogens is 577 g/mol. The summed E-state index contributed by atoms with van der Waals surface area (Å²) >= 11 is 13.7. The van der Waals surface area contributed by atoms with E-state index >= 15 is 0 Å². The number of aromatic nitrogens is 2. The number of carbonyl (C=O) groups is 1. The zero-order valence-corrected chi connectivity index (χ0v) is 24.6. The van der Waals surface area contributed by atoms with Crippen LogP contribution in [0.2, 0.25) is 10.0 Å². The summed E-state index contributed by atoms with van der Waals surface area (Å²) in [5, 5.41) is 2.04. The molecule has 41 heavy (non-hydrogen) atoms. The maximum Gasteiger partial charge on any atom is 0.338 e. The van der Waals surface area contributed by atoms with Gasteiger partial charge in [-0.25, -0.2) is 9.79 Å². The second-order valence-corrected chi connectivity index (χ2v) is 11.5. The lowest BCUT2D eigenvalue weighted by molar-refractivity contribution is -0.136. The molecule has 6 nitrogen and oxygen atoms in total. The molecule has 0 N–H and O–H groups in total. The van der Waals surface area contributed by atoms with Gasteiger partial charge in [-0.1, -0.05) is 96.1 Å². The summed E-state index contributed by atoms with van der Waals surface area (Å²) in [5.41, 5.74) is 4.57. The molecule has 0 fully saturated rings. The van der Waals surface area contributed by atoms with Crippen LogP contribution in [0, 0.1) is 0 Å². The van der Waals surface area contributed by atoms with E-state index in [1.165, 1.54) is 18.4 Å². The molecule has 0 saturated carbocycles. The Hall–Kier alpha value is -3.91. The number of para-hydroxylation sites is 1. The highest BCUT2D eigenvalue weighted by atomic mass is 35.5. The van der Waals surface area contributed by atoms with Gasteiger partial charge in [0.05, 0.1) is 39.0 Å². The summed E-state index contributed by atoms with van der Waals surface area (Å²) in [6.07, 6.45) is 4.48. The van der Waals surface area contributed by atoms with E-state index in [1.54, 1.807) is 10.6 Å². The number of halogens is 2. The van der Waals surface area contributed by atoms with Crippen molar-refractivity contribution in [1.82, 2.24) is 9.13 Å². The SMILES string of the molecule is CCC1=C(C(=O)OC)[C@H](c2ccccc2)n2c(s/c(=C/c3cn(Cc4ccc(Cl)c(Cl)c4)c4ccccc34)c2=O)=N1. The fraction of sp³-hybridized carbons (Fsp3) is 0.156. The molecule has 0 unspecified atom stereocenters. The molecule has 0 spiro atoms. The maximum absolute atomic E-state index is 14.0. The van der Waals surface area contributed by atoms with E-state index in [4.69, 9.17) is 32.9 Å². The van der Waals surface area contributed by atoms with Gasteiger partial charge in [0, 0.05) is 29.2 Å². The lowest BCUT2D eigenvalue weighted by atomic mass is 9.95. The van der Waals surface area contributed by atoms with Crippen molar-refractivity contribution in [2.45, 2.75) is 25.9 Å². The third kappa shape index (κ3) is 4.95. The smallest absolute Gasteiger partial charge is 0.338 e. The van der Waals surface area contributed by atoms with E-state index < -0.39 is 12.0 Å². The lowest BCUT2D eigenvalue weighted by Gasteiger charge is -2.25. The predicted octanol–water partition coefficient (Wildman–Crippen LogP) is 6.11. The van der Waals surface area contributed by atoms with E-state index in [-0.39, 0.29) is 5.56 Å². The van der Waals surface area contributed by atoms with Crippen LogP contribution >= 0.6 is 34.5 Å². The molecular formula is C32H25Cl2N3O3S. The number of allylic oxidation sites excluding steroid dienone is 1. The normalized spacial score (nSPS) is 15.2. The topological polar surface area (TPSA) is 65.6 Å². The predicted molar refractivity (Wildman–Crippen MR) is 164 cm³/mol. The van der Waals surface area contributed by atoms with Gasteiger partial charge >= 0.3 is 5.97 Å². The Labute approximate surface area is 250 Å². The second kappa shape index (κ2) is 11.2. The first-order valence-corrected chi connectivity index (χ1v) is 14.7. The summed E-state index contributed by atoms with van der Waals surface area (Å²) < 4.78 is 9.43. The van der Waals surface area contributed by atoms with Crippen LogP contribution in [0.3, 0.4) is 0 Å². The van der Waals surface area contributed by atoms with Gasteiger partial charge in [-0.3, -0.25) is 9.36 Å². The van der Waals surface area contributed by atoms with Gasteiger partial charge in [0.25, 0.3) is 5.56 Å². The first-order valence-electron chi connectivity index (χ1n) is 13.1. The number of benzene rings is 3. The molecule has 206 valence electrons. The number of fused-ring (bicyclic) bond motifs is 2. The van der Waals surface area contributed by atoms with E-state index in [0.29, 0.717) is 43.6 Å². The van der Waals surface area contributed by atoms with Crippen LogP contribution in [0.1, 0.15) is 36.1 Å². The summed E-state index contributed by atoms with van der Waals surface area (Å²) in [5.74, 6) is -0.487. The van der Waals surface area contributed by atoms with Crippen LogP contribution < -0.4 is 14.9 Å². The standard InChI is InChI=1S/C32H25Cl2N3O3S/c1-3-25-28(31(39)40-2)29(20-9-5-4-6-10-20)37-30(38)27(41-32(37)35-25)16-21-18-36(26-12-8-7-11-22(21)26)17-19-13-14-23(33)24(34)15-19/h4-16,18,29H,3,17H2,1-2H3/b27-16+/t29-/m0/s1. The first-order chi connectivity index (χ1) is 19.9. The molecule has 0 radical (unpaired) electrons. The van der Waals surface area contributed by atoms with Crippen LogP contribution in [0.25, 0.3) is 17.0 Å². The quantitative estimate of drug-likeness (QED) is 0.221. The highest BCUT2D eigenvalue weighted by Crippen LogP contribution is 2.32. The largest absolute Gasteiger partial charge is 0.466 e. The average molecular weight is 603 g/mol. The van der Waals surface area contributed by atoms with Crippen LogP contribution in [0.15, 0.2) is 100 Å². The first kappa shape index (κ1) is 27.3. The average Bonchev–Trinajstić information content (AvgIpc) is 3.50. The second-order valence-electron chi connectivity index (χ2n) is 9.68. The van der Waals surface area contributed by atoms with Crippen molar-refractivity contribution in [2.24, 2.45) is 4.99 Å². The van der Waals surface area contributed by atoms with Crippen molar-refractivity contribution in [3.63, 3.8) is 0 Å². The van der Waals surface area contributed by atoms with Crippen LogP contribution in [-0.2, 0) is 16.1 Å². The molecule has 2 aromatic heterocycles. The Morgan fingerprint density at radius 1 is 1.05 bits per heavy atom. The minimum absolute atomic E-state index is 0.208. The fourth-order valence-electron chi connectivity index (χ4n) is 5.31. The number of hydrogen-bond acceptors (Lipinski definition) is 5. The zero-order chi connectivity index (χ0) is 28.7. The third-order valence-corrected chi connectivity index (χ3v) is 8.93. The van der Waals surface area contributed by atoms with Gasteiger partial charge in [0.1, 0.15) is 0 Å². The van der Waals surface area contributed by atoms with Crippen molar-refractivity contribution in [2.75, 3.05) is 7.11 Å². The van der Waals surface area contributed by atoms with Crippen molar-refractivity contribution < 1.29 is 9.53 Å². The highest BCUT2D eigenvalue weighted by molar-refractivity contribution is 7.07. The Balaban J connectivity index is 1.52. The van der Waals surface area contributed by atoms with Gasteiger partial charge in [0.15, 0.2) is 4.80 Å². The molecule has 3 aromatic carbocycles. The molecule has 6 rings (SSSR count). The number of hydrogen-bond donors (Lipinski definition) is 0. The molecule has 0 aliphatic carbocycles. The van der Waals surface area contributed by atoms with Crippen LogP contribution in [0.4, 0.5) is 0 Å². The summed E-state index contributed by atoms with van der Waals surface area (Å²) in [4.78, 5) is 32.3. The number of carbonyl (C=O) groups excluding carboxylic acids is 1. The molecule has 9 heteroatoms. The number of ether oxygens (including phenoxy) is 1. The van der Waals surface area contributed by atoms with Crippen molar-refractivity contribution >= 4 is 57.5 Å². The number of rotatable bonds is 6. The lowest BCUT2D eigenvalue weighted by Crippen LogP contribution is -2.40. The van der Waals surface area contributed by atoms with Crippen molar-refractivity contribution in [3.8, 4) is 0 Å². The molecule has 1 atom stereocenters.